The number of halogens is 2. The summed E-state index contributed by atoms with van der Waals surface area (Å²) in [6.07, 6.45) is 0.432. The van der Waals surface area contributed by atoms with Gasteiger partial charge in [-0.2, -0.15) is 0 Å². The van der Waals surface area contributed by atoms with Gasteiger partial charge in [0.15, 0.2) is 5.78 Å². The van der Waals surface area contributed by atoms with Crippen LogP contribution in [-0.4, -0.2) is 49.0 Å². The number of carbonyl (C=O) groups excluding carboxylic acids is 2. The molecule has 0 fully saturated rings. The molecule has 0 unspecified atom stereocenters. The van der Waals surface area contributed by atoms with Crippen molar-refractivity contribution in [2.24, 2.45) is 0 Å². The zero-order chi connectivity index (χ0) is 25.5. The zero-order valence-electron chi connectivity index (χ0n) is 20.5. The van der Waals surface area contributed by atoms with Crippen molar-refractivity contribution in [1.82, 2.24) is 4.90 Å². The van der Waals surface area contributed by atoms with E-state index in [0.717, 1.165) is 38.9 Å². The maximum absolute atomic E-state index is 13.7. The molecular weight excluding hydrogens is 672 g/mol. The Bertz CT molecular complexity index is 1160. The van der Waals surface area contributed by atoms with Crippen molar-refractivity contribution >= 4 is 67.9 Å². The van der Waals surface area contributed by atoms with E-state index in [9.17, 15) is 9.59 Å². The third kappa shape index (κ3) is 6.97. The molecule has 1 atom stereocenters. The first-order chi connectivity index (χ1) is 16.8. The number of rotatable bonds is 12. The Morgan fingerprint density at radius 2 is 1.71 bits per heavy atom. The van der Waals surface area contributed by atoms with Crippen molar-refractivity contribution < 1.29 is 23.5 Å². The molecule has 0 saturated carbocycles. The fourth-order valence-electron chi connectivity index (χ4n) is 3.74. The Labute approximate surface area is 234 Å². The average Bonchev–Trinajstić information content (AvgIpc) is 3.19. The van der Waals surface area contributed by atoms with Gasteiger partial charge in [0.05, 0.1) is 18.8 Å². The quantitative estimate of drug-likeness (QED) is 0.122. The fourth-order valence-corrected chi connectivity index (χ4v) is 5.82. The first-order valence-electron chi connectivity index (χ1n) is 11.9. The van der Waals surface area contributed by atoms with Crippen LogP contribution in [0.5, 0.6) is 5.75 Å². The van der Waals surface area contributed by atoms with Gasteiger partial charge in [-0.1, -0.05) is 39.0 Å². The van der Waals surface area contributed by atoms with Crippen molar-refractivity contribution in [1.29, 1.82) is 0 Å². The lowest BCUT2D eigenvalue weighted by Gasteiger charge is -2.19. The summed E-state index contributed by atoms with van der Waals surface area (Å²) in [5.41, 5.74) is 1.50. The van der Waals surface area contributed by atoms with Gasteiger partial charge in [-0.25, -0.2) is 0 Å². The molecule has 0 spiro atoms. The number of benzene rings is 2. The summed E-state index contributed by atoms with van der Waals surface area (Å²) in [4.78, 5) is 28.5. The van der Waals surface area contributed by atoms with Gasteiger partial charge in [0.1, 0.15) is 30.1 Å². The highest BCUT2D eigenvalue weighted by Gasteiger charge is 2.26. The van der Waals surface area contributed by atoms with E-state index in [0.29, 0.717) is 34.5 Å². The van der Waals surface area contributed by atoms with Crippen LogP contribution in [0.1, 0.15) is 55.8 Å². The Kier molecular flexibility index (Phi) is 10.4. The number of hydrogen-bond acceptors (Lipinski definition) is 6. The average molecular weight is 703 g/mol. The Morgan fingerprint density at radius 1 is 1.06 bits per heavy atom. The first-order valence-corrected chi connectivity index (χ1v) is 14.0. The summed E-state index contributed by atoms with van der Waals surface area (Å²) in [6.45, 7) is 11.4. The lowest BCUT2D eigenvalue weighted by molar-refractivity contribution is -0.147. The van der Waals surface area contributed by atoms with Gasteiger partial charge in [0.25, 0.3) is 0 Å². The van der Waals surface area contributed by atoms with Gasteiger partial charge in [-0.15, -0.1) is 0 Å². The van der Waals surface area contributed by atoms with Crippen molar-refractivity contribution in [3.8, 4) is 5.75 Å². The van der Waals surface area contributed by atoms with Crippen LogP contribution in [0.15, 0.2) is 40.8 Å². The molecule has 1 heterocycles. The molecule has 0 aliphatic carbocycles. The molecule has 0 N–H and O–H groups in total. The Morgan fingerprint density at radius 3 is 2.34 bits per heavy atom. The highest BCUT2D eigenvalue weighted by Crippen LogP contribution is 2.33. The van der Waals surface area contributed by atoms with Gasteiger partial charge in [0, 0.05) is 17.5 Å². The Hall–Kier alpha value is -1.66. The summed E-state index contributed by atoms with van der Waals surface area (Å²) in [5.74, 6) is 0.513. The van der Waals surface area contributed by atoms with Crippen molar-refractivity contribution in [2.45, 2.75) is 46.6 Å². The van der Waals surface area contributed by atoms with Crippen molar-refractivity contribution in [3.05, 3.63) is 60.4 Å². The van der Waals surface area contributed by atoms with Gasteiger partial charge < -0.3 is 18.8 Å². The number of hydrogen-bond donors (Lipinski definition) is 0. The third-order valence-corrected chi connectivity index (χ3v) is 7.52. The number of ether oxygens (including phenoxy) is 2. The standard InChI is InChI=1S/C27H31I2NO5/c1-5-17(4)34-24(31)16-23-25(19-10-8-9-11-22(19)35-23)26(32)18-14-20(28)27(21(29)15-18)33-13-12-30(6-2)7-3/h8-11,14-15,17H,5-7,12-13,16H2,1-4H3/t17-/m1/s1. The zero-order valence-corrected chi connectivity index (χ0v) is 24.8. The highest BCUT2D eigenvalue weighted by atomic mass is 127. The number of furan rings is 1. The number of esters is 1. The molecule has 0 aliphatic heterocycles. The summed E-state index contributed by atoms with van der Waals surface area (Å²) < 4.78 is 19.2. The minimum atomic E-state index is -0.409. The molecule has 1 aromatic heterocycles. The fraction of sp³-hybridized carbons (Fsp3) is 0.407. The molecule has 188 valence electrons. The van der Waals surface area contributed by atoms with E-state index in [1.807, 2.05) is 44.2 Å². The molecule has 3 rings (SSSR count). The molecule has 8 heteroatoms. The van der Waals surface area contributed by atoms with Crippen LogP contribution in [0.4, 0.5) is 0 Å². The molecule has 3 aromatic rings. The van der Waals surface area contributed by atoms with E-state index >= 15 is 0 Å². The summed E-state index contributed by atoms with van der Waals surface area (Å²) >= 11 is 4.42. The van der Waals surface area contributed by atoms with E-state index in [1.165, 1.54) is 0 Å². The smallest absolute Gasteiger partial charge is 0.313 e. The number of para-hydroxylation sites is 1. The van der Waals surface area contributed by atoms with Crippen LogP contribution in [0.3, 0.4) is 0 Å². The van der Waals surface area contributed by atoms with Gasteiger partial charge in [-0.05, 0) is 89.8 Å². The van der Waals surface area contributed by atoms with Gasteiger partial charge in [0.2, 0.25) is 0 Å². The monoisotopic (exact) mass is 703 g/mol. The lowest BCUT2D eigenvalue weighted by atomic mass is 9.99. The van der Waals surface area contributed by atoms with Crippen LogP contribution in [-0.2, 0) is 16.0 Å². The summed E-state index contributed by atoms with van der Waals surface area (Å²) in [5, 5.41) is 0.688. The lowest BCUT2D eigenvalue weighted by Crippen LogP contribution is -2.28. The number of ketones is 1. The summed E-state index contributed by atoms with van der Waals surface area (Å²) in [7, 11) is 0. The normalized spacial score (nSPS) is 12.2. The molecule has 35 heavy (non-hydrogen) atoms. The minimum absolute atomic E-state index is 0.0964. The predicted molar refractivity (Wildman–Crippen MR) is 154 cm³/mol. The van der Waals surface area contributed by atoms with Gasteiger partial charge in [-0.3, -0.25) is 9.59 Å². The van der Waals surface area contributed by atoms with Crippen LogP contribution in [0, 0.1) is 7.14 Å². The van der Waals surface area contributed by atoms with E-state index in [1.54, 1.807) is 6.07 Å². The SMILES string of the molecule is CC[C@@H](C)OC(=O)Cc1oc2ccccc2c1C(=O)c1cc(I)c(OCCN(CC)CC)c(I)c1. The number of carbonyl (C=O) groups is 2. The predicted octanol–water partition coefficient (Wildman–Crippen LogP) is 6.48. The molecule has 0 radical (unpaired) electrons. The maximum Gasteiger partial charge on any atom is 0.313 e. The van der Waals surface area contributed by atoms with Gasteiger partial charge >= 0.3 is 5.97 Å². The van der Waals surface area contributed by atoms with E-state index in [2.05, 4.69) is 63.9 Å². The second-order valence-electron chi connectivity index (χ2n) is 8.26. The number of likely N-dealkylation sites (N-methyl/N-ethyl adjacent to an activating group) is 1. The largest absolute Gasteiger partial charge is 0.490 e. The van der Waals surface area contributed by atoms with Crippen LogP contribution >= 0.6 is 45.2 Å². The topological polar surface area (TPSA) is 69.0 Å². The van der Waals surface area contributed by atoms with E-state index in [4.69, 9.17) is 13.9 Å². The summed E-state index contributed by atoms with van der Waals surface area (Å²) in [6, 6.07) is 11.0. The maximum atomic E-state index is 13.7. The van der Waals surface area contributed by atoms with Crippen LogP contribution < -0.4 is 4.74 Å². The van der Waals surface area contributed by atoms with E-state index < -0.39 is 5.97 Å². The highest BCUT2D eigenvalue weighted by molar-refractivity contribution is 14.1. The van der Waals surface area contributed by atoms with Crippen molar-refractivity contribution in [3.63, 3.8) is 0 Å². The van der Waals surface area contributed by atoms with Crippen LogP contribution in [0.25, 0.3) is 11.0 Å². The van der Waals surface area contributed by atoms with Crippen molar-refractivity contribution in [2.75, 3.05) is 26.2 Å². The second-order valence-corrected chi connectivity index (χ2v) is 10.6. The molecule has 0 saturated heterocycles. The molecule has 0 aliphatic rings. The molecule has 6 nitrogen and oxygen atoms in total. The van der Waals surface area contributed by atoms with E-state index in [-0.39, 0.29) is 18.3 Å². The number of nitrogens with zero attached hydrogens (tertiary/aromatic N) is 1. The second kappa shape index (κ2) is 13.0. The molecule has 2 aromatic carbocycles. The Balaban J connectivity index is 1.90. The third-order valence-electron chi connectivity index (χ3n) is 5.92. The molecule has 0 bridgehead atoms. The first kappa shape index (κ1) is 27.9. The van der Waals surface area contributed by atoms with Crippen LogP contribution in [0.2, 0.25) is 0 Å². The molecular formula is C27H31I2NO5. The minimum Gasteiger partial charge on any atom is -0.490 e. The molecule has 0 amide bonds. The number of fused-ring (bicyclic) bond motifs is 1.